The third kappa shape index (κ3) is 4.21. The molecule has 0 fully saturated rings. The SMILES string of the molecule is CCN(CC)C(=O)CN(c1ccccc1Br)S(C)(=O)=O. The minimum absolute atomic E-state index is 0.191. The van der Waals surface area contributed by atoms with Crippen molar-refractivity contribution >= 4 is 37.5 Å². The second-order valence-electron chi connectivity index (χ2n) is 4.29. The lowest BCUT2D eigenvalue weighted by atomic mass is 10.3. The second-order valence-corrected chi connectivity index (χ2v) is 7.05. The zero-order chi connectivity index (χ0) is 15.3. The lowest BCUT2D eigenvalue weighted by Crippen LogP contribution is -2.42. The zero-order valence-electron chi connectivity index (χ0n) is 11.8. The van der Waals surface area contributed by atoms with Crippen LogP contribution in [0.1, 0.15) is 13.8 Å². The van der Waals surface area contributed by atoms with Crippen molar-refractivity contribution in [1.29, 1.82) is 0 Å². The zero-order valence-corrected chi connectivity index (χ0v) is 14.2. The predicted molar refractivity (Wildman–Crippen MR) is 84.3 cm³/mol. The van der Waals surface area contributed by atoms with E-state index >= 15 is 0 Å². The third-order valence-electron chi connectivity index (χ3n) is 2.92. The Morgan fingerprint density at radius 2 is 1.75 bits per heavy atom. The van der Waals surface area contributed by atoms with E-state index in [4.69, 9.17) is 0 Å². The van der Waals surface area contributed by atoms with Gasteiger partial charge >= 0.3 is 0 Å². The summed E-state index contributed by atoms with van der Waals surface area (Å²) in [6.45, 7) is 4.66. The smallest absolute Gasteiger partial charge is 0.243 e. The molecule has 5 nitrogen and oxygen atoms in total. The van der Waals surface area contributed by atoms with Crippen molar-refractivity contribution < 1.29 is 13.2 Å². The third-order valence-corrected chi connectivity index (χ3v) is 4.71. The summed E-state index contributed by atoms with van der Waals surface area (Å²) < 4.78 is 25.7. The first-order valence-corrected chi connectivity index (χ1v) is 8.95. The summed E-state index contributed by atoms with van der Waals surface area (Å²) >= 11 is 3.32. The molecule has 0 spiro atoms. The monoisotopic (exact) mass is 362 g/mol. The Kier molecular flexibility index (Phi) is 6.01. The molecule has 7 heteroatoms. The molecule has 1 aromatic carbocycles. The minimum atomic E-state index is -3.53. The molecule has 0 unspecified atom stereocenters. The maximum Gasteiger partial charge on any atom is 0.243 e. The molecule has 0 radical (unpaired) electrons. The van der Waals surface area contributed by atoms with Crippen LogP contribution in [-0.2, 0) is 14.8 Å². The van der Waals surface area contributed by atoms with Crippen LogP contribution in [0, 0.1) is 0 Å². The van der Waals surface area contributed by atoms with Gasteiger partial charge in [-0.2, -0.15) is 0 Å². The summed E-state index contributed by atoms with van der Waals surface area (Å²) in [4.78, 5) is 13.8. The maximum absolute atomic E-state index is 12.2. The van der Waals surface area contributed by atoms with E-state index in [9.17, 15) is 13.2 Å². The lowest BCUT2D eigenvalue weighted by molar-refractivity contribution is -0.129. The van der Waals surface area contributed by atoms with E-state index in [2.05, 4.69) is 15.9 Å². The molecule has 0 saturated carbocycles. The molecule has 0 aliphatic heterocycles. The van der Waals surface area contributed by atoms with E-state index in [1.54, 1.807) is 29.2 Å². The Hall–Kier alpha value is -1.08. The first kappa shape index (κ1) is 17.0. The number of rotatable bonds is 6. The molecule has 1 amide bonds. The van der Waals surface area contributed by atoms with Gasteiger partial charge in [0.05, 0.1) is 11.9 Å². The number of para-hydroxylation sites is 1. The molecule has 112 valence electrons. The van der Waals surface area contributed by atoms with Crippen LogP contribution >= 0.6 is 15.9 Å². The van der Waals surface area contributed by atoms with E-state index in [-0.39, 0.29) is 12.5 Å². The number of likely N-dealkylation sites (N-methyl/N-ethyl adjacent to an activating group) is 1. The fourth-order valence-electron chi connectivity index (χ4n) is 1.83. The fourth-order valence-corrected chi connectivity index (χ4v) is 3.31. The van der Waals surface area contributed by atoms with Crippen LogP contribution in [0.25, 0.3) is 0 Å². The van der Waals surface area contributed by atoms with Gasteiger partial charge in [0.15, 0.2) is 0 Å². The van der Waals surface area contributed by atoms with Gasteiger partial charge in [-0.3, -0.25) is 9.10 Å². The Morgan fingerprint density at radius 3 is 2.20 bits per heavy atom. The van der Waals surface area contributed by atoms with Crippen molar-refractivity contribution in [3.8, 4) is 0 Å². The van der Waals surface area contributed by atoms with Gasteiger partial charge in [0.25, 0.3) is 0 Å². The highest BCUT2D eigenvalue weighted by Gasteiger charge is 2.24. The fraction of sp³-hybridized carbons (Fsp3) is 0.462. The van der Waals surface area contributed by atoms with Crippen LogP contribution in [0.15, 0.2) is 28.7 Å². The van der Waals surface area contributed by atoms with Crippen molar-refractivity contribution in [3.05, 3.63) is 28.7 Å². The highest BCUT2D eigenvalue weighted by Crippen LogP contribution is 2.27. The number of nitrogens with zero attached hydrogens (tertiary/aromatic N) is 2. The molecular weight excluding hydrogens is 344 g/mol. The Morgan fingerprint density at radius 1 is 1.20 bits per heavy atom. The van der Waals surface area contributed by atoms with Gasteiger partial charge < -0.3 is 4.90 Å². The molecule has 0 heterocycles. The number of halogens is 1. The molecule has 0 aliphatic rings. The summed E-state index contributed by atoms with van der Waals surface area (Å²) in [5.74, 6) is -0.212. The average molecular weight is 363 g/mol. The van der Waals surface area contributed by atoms with Crippen LogP contribution in [0.3, 0.4) is 0 Å². The van der Waals surface area contributed by atoms with Crippen LogP contribution in [0.5, 0.6) is 0 Å². The molecule has 0 aliphatic carbocycles. The summed E-state index contributed by atoms with van der Waals surface area (Å²) in [6, 6.07) is 6.94. The Labute approximate surface area is 128 Å². The number of benzene rings is 1. The first-order chi connectivity index (χ1) is 9.31. The van der Waals surface area contributed by atoms with Gasteiger partial charge in [0.2, 0.25) is 15.9 Å². The highest BCUT2D eigenvalue weighted by molar-refractivity contribution is 9.10. The number of sulfonamides is 1. The van der Waals surface area contributed by atoms with Crippen LogP contribution < -0.4 is 4.31 Å². The van der Waals surface area contributed by atoms with Gasteiger partial charge in [-0.1, -0.05) is 12.1 Å². The standard InChI is InChI=1S/C13H19BrN2O3S/c1-4-15(5-2)13(17)10-16(20(3,18)19)12-9-7-6-8-11(12)14/h6-9H,4-5,10H2,1-3H3. The van der Waals surface area contributed by atoms with Crippen LogP contribution in [0.2, 0.25) is 0 Å². The van der Waals surface area contributed by atoms with Gasteiger partial charge in [-0.25, -0.2) is 8.42 Å². The molecule has 1 rings (SSSR count). The second kappa shape index (κ2) is 7.08. The number of hydrogen-bond donors (Lipinski definition) is 0. The van der Waals surface area contributed by atoms with Crippen molar-refractivity contribution in [1.82, 2.24) is 4.90 Å². The molecule has 1 aromatic rings. The topological polar surface area (TPSA) is 57.7 Å². The van der Waals surface area contributed by atoms with Crippen molar-refractivity contribution in [2.24, 2.45) is 0 Å². The molecule has 0 N–H and O–H groups in total. The van der Waals surface area contributed by atoms with E-state index in [1.165, 1.54) is 0 Å². The summed E-state index contributed by atoms with van der Waals surface area (Å²) in [7, 11) is -3.53. The summed E-state index contributed by atoms with van der Waals surface area (Å²) in [5.41, 5.74) is 0.468. The van der Waals surface area contributed by atoms with E-state index in [0.29, 0.717) is 23.2 Å². The average Bonchev–Trinajstić information content (AvgIpc) is 2.37. The van der Waals surface area contributed by atoms with Crippen LogP contribution in [0.4, 0.5) is 5.69 Å². The molecule has 0 saturated heterocycles. The predicted octanol–water partition coefficient (Wildman–Crippen LogP) is 2.08. The van der Waals surface area contributed by atoms with Gasteiger partial charge in [0.1, 0.15) is 6.54 Å². The summed E-state index contributed by atoms with van der Waals surface area (Å²) in [6.07, 6.45) is 1.10. The van der Waals surface area contributed by atoms with Gasteiger partial charge in [-0.15, -0.1) is 0 Å². The molecule has 0 bridgehead atoms. The maximum atomic E-state index is 12.2. The largest absolute Gasteiger partial charge is 0.342 e. The molecule has 0 atom stereocenters. The van der Waals surface area contributed by atoms with Gasteiger partial charge in [0, 0.05) is 17.6 Å². The van der Waals surface area contributed by atoms with Crippen molar-refractivity contribution in [2.75, 3.05) is 30.2 Å². The van der Waals surface area contributed by atoms with Crippen molar-refractivity contribution in [2.45, 2.75) is 13.8 Å². The van der Waals surface area contributed by atoms with Crippen LogP contribution in [-0.4, -0.2) is 45.1 Å². The lowest BCUT2D eigenvalue weighted by Gasteiger charge is -2.26. The van der Waals surface area contributed by atoms with E-state index in [1.807, 2.05) is 13.8 Å². The number of carbonyl (C=O) groups is 1. The quantitative estimate of drug-likeness (QED) is 0.778. The van der Waals surface area contributed by atoms with Crippen molar-refractivity contribution in [3.63, 3.8) is 0 Å². The van der Waals surface area contributed by atoms with E-state index in [0.717, 1.165) is 10.6 Å². The normalized spacial score (nSPS) is 11.2. The number of hydrogen-bond acceptors (Lipinski definition) is 3. The van der Waals surface area contributed by atoms with E-state index < -0.39 is 10.0 Å². The number of carbonyl (C=O) groups excluding carboxylic acids is 1. The molecule has 0 aromatic heterocycles. The first-order valence-electron chi connectivity index (χ1n) is 6.31. The molecule has 20 heavy (non-hydrogen) atoms. The minimum Gasteiger partial charge on any atom is -0.342 e. The summed E-state index contributed by atoms with van der Waals surface area (Å²) in [5, 5.41) is 0. The Balaban J connectivity index is 3.11. The Bertz CT molecular complexity index is 571. The number of amides is 1. The number of anilines is 1. The van der Waals surface area contributed by atoms with Gasteiger partial charge in [-0.05, 0) is 41.9 Å². The highest BCUT2D eigenvalue weighted by atomic mass is 79.9. The molecular formula is C13H19BrN2O3S.